The van der Waals surface area contributed by atoms with E-state index in [0.717, 1.165) is 34.9 Å². The molecule has 1 amide bonds. The zero-order valence-corrected chi connectivity index (χ0v) is 15.6. The molecule has 0 unspecified atom stereocenters. The number of benzene rings is 2. The Morgan fingerprint density at radius 3 is 2.77 bits per heavy atom. The van der Waals surface area contributed by atoms with Crippen LogP contribution in [0.5, 0.6) is 5.75 Å². The molecule has 1 heterocycles. The first-order valence-electron chi connectivity index (χ1n) is 8.64. The maximum absolute atomic E-state index is 12.0. The number of thiazole rings is 1. The molecule has 0 radical (unpaired) electrons. The molecule has 0 saturated carbocycles. The Labute approximate surface area is 157 Å². The quantitative estimate of drug-likeness (QED) is 0.653. The average Bonchev–Trinajstić information content (AvgIpc) is 3.16. The minimum Gasteiger partial charge on any atom is -0.497 e. The fourth-order valence-corrected chi connectivity index (χ4v) is 3.48. The molecule has 3 rings (SSSR count). The highest BCUT2D eigenvalue weighted by Crippen LogP contribution is 2.26. The first-order chi connectivity index (χ1) is 12.7. The molecule has 0 fully saturated rings. The van der Waals surface area contributed by atoms with Gasteiger partial charge < -0.3 is 10.1 Å². The third-order valence-corrected chi connectivity index (χ3v) is 5.00. The van der Waals surface area contributed by atoms with Crippen molar-refractivity contribution >= 4 is 17.2 Å². The summed E-state index contributed by atoms with van der Waals surface area (Å²) in [7, 11) is 1.66. The SMILES string of the molecule is COc1cccc(-c2nc(CCNC(=O)CCc3ccccc3)cs2)c1. The van der Waals surface area contributed by atoms with Crippen molar-refractivity contribution in [1.29, 1.82) is 0 Å². The number of aryl methyl sites for hydroxylation is 1. The van der Waals surface area contributed by atoms with Crippen molar-refractivity contribution in [3.8, 4) is 16.3 Å². The number of rotatable bonds is 8. The van der Waals surface area contributed by atoms with Gasteiger partial charge in [-0.2, -0.15) is 0 Å². The van der Waals surface area contributed by atoms with E-state index in [1.165, 1.54) is 5.56 Å². The Morgan fingerprint density at radius 2 is 1.96 bits per heavy atom. The molecule has 4 nitrogen and oxygen atoms in total. The van der Waals surface area contributed by atoms with E-state index < -0.39 is 0 Å². The van der Waals surface area contributed by atoms with Crippen LogP contribution < -0.4 is 10.1 Å². The summed E-state index contributed by atoms with van der Waals surface area (Å²) in [6.45, 7) is 0.606. The Morgan fingerprint density at radius 1 is 1.12 bits per heavy atom. The highest BCUT2D eigenvalue weighted by atomic mass is 32.1. The monoisotopic (exact) mass is 366 g/mol. The lowest BCUT2D eigenvalue weighted by molar-refractivity contribution is -0.121. The fourth-order valence-electron chi connectivity index (χ4n) is 2.63. The van der Waals surface area contributed by atoms with E-state index in [1.54, 1.807) is 18.4 Å². The second-order valence-corrected chi connectivity index (χ2v) is 6.82. The van der Waals surface area contributed by atoms with E-state index in [9.17, 15) is 4.79 Å². The van der Waals surface area contributed by atoms with E-state index in [0.29, 0.717) is 13.0 Å². The molecule has 0 aliphatic carbocycles. The summed E-state index contributed by atoms with van der Waals surface area (Å²) in [4.78, 5) is 16.6. The maximum atomic E-state index is 12.0. The second-order valence-electron chi connectivity index (χ2n) is 5.96. The van der Waals surface area contributed by atoms with E-state index in [2.05, 4.69) is 10.3 Å². The molecule has 26 heavy (non-hydrogen) atoms. The second kappa shape index (κ2) is 9.15. The van der Waals surface area contributed by atoms with Crippen LogP contribution in [0.2, 0.25) is 0 Å². The minimum absolute atomic E-state index is 0.0806. The maximum Gasteiger partial charge on any atom is 0.220 e. The Balaban J connectivity index is 1.45. The van der Waals surface area contributed by atoms with E-state index in [-0.39, 0.29) is 5.91 Å². The fraction of sp³-hybridized carbons (Fsp3) is 0.238. The zero-order valence-electron chi connectivity index (χ0n) is 14.8. The van der Waals surface area contributed by atoms with Crippen LogP contribution in [0.1, 0.15) is 17.7 Å². The van der Waals surface area contributed by atoms with Gasteiger partial charge in [0.1, 0.15) is 10.8 Å². The number of carbonyl (C=O) groups is 1. The zero-order chi connectivity index (χ0) is 18.2. The summed E-state index contributed by atoms with van der Waals surface area (Å²) >= 11 is 1.61. The van der Waals surface area contributed by atoms with Gasteiger partial charge in [-0.25, -0.2) is 4.98 Å². The topological polar surface area (TPSA) is 51.2 Å². The van der Waals surface area contributed by atoms with Crippen LogP contribution in [0.25, 0.3) is 10.6 Å². The van der Waals surface area contributed by atoms with Crippen molar-refractivity contribution in [2.45, 2.75) is 19.3 Å². The molecule has 134 valence electrons. The molecule has 0 aliphatic rings. The lowest BCUT2D eigenvalue weighted by atomic mass is 10.1. The third-order valence-electron chi connectivity index (χ3n) is 4.06. The molecule has 3 aromatic rings. The van der Waals surface area contributed by atoms with E-state index in [1.807, 2.05) is 60.0 Å². The van der Waals surface area contributed by atoms with Gasteiger partial charge in [0.25, 0.3) is 0 Å². The number of ether oxygens (including phenoxy) is 1. The molecule has 1 aromatic heterocycles. The largest absolute Gasteiger partial charge is 0.497 e. The molecule has 1 N–H and O–H groups in total. The van der Waals surface area contributed by atoms with E-state index >= 15 is 0 Å². The van der Waals surface area contributed by atoms with Gasteiger partial charge in [0, 0.05) is 30.3 Å². The third kappa shape index (κ3) is 5.17. The van der Waals surface area contributed by atoms with Crippen molar-refractivity contribution in [2.24, 2.45) is 0 Å². The highest BCUT2D eigenvalue weighted by molar-refractivity contribution is 7.13. The Hall–Kier alpha value is -2.66. The summed E-state index contributed by atoms with van der Waals surface area (Å²) in [5.74, 6) is 0.905. The number of nitrogens with one attached hydrogen (secondary N) is 1. The summed E-state index contributed by atoms with van der Waals surface area (Å²) < 4.78 is 5.26. The van der Waals surface area contributed by atoms with Crippen LogP contribution in [0.15, 0.2) is 60.0 Å². The van der Waals surface area contributed by atoms with Crippen LogP contribution in [0, 0.1) is 0 Å². The summed E-state index contributed by atoms with van der Waals surface area (Å²) in [6, 6.07) is 17.9. The van der Waals surface area contributed by atoms with Crippen molar-refractivity contribution < 1.29 is 9.53 Å². The summed E-state index contributed by atoms with van der Waals surface area (Å²) in [6.07, 6.45) is 2.01. The molecular weight excluding hydrogens is 344 g/mol. The first kappa shape index (κ1) is 18.1. The number of amides is 1. The standard InChI is InChI=1S/C21H22N2O2S/c1-25-19-9-5-8-17(14-19)21-23-18(15-26-21)12-13-22-20(24)11-10-16-6-3-2-4-7-16/h2-9,14-15H,10-13H2,1H3,(H,22,24). The van der Waals surface area contributed by atoms with Gasteiger partial charge in [-0.1, -0.05) is 42.5 Å². The molecule has 2 aromatic carbocycles. The van der Waals surface area contributed by atoms with Gasteiger partial charge in [-0.15, -0.1) is 11.3 Å². The van der Waals surface area contributed by atoms with Crippen LogP contribution in [0.3, 0.4) is 0 Å². The molecule has 0 spiro atoms. The van der Waals surface area contributed by atoms with E-state index in [4.69, 9.17) is 4.74 Å². The van der Waals surface area contributed by atoms with Crippen LogP contribution in [-0.2, 0) is 17.6 Å². The van der Waals surface area contributed by atoms with Gasteiger partial charge in [-0.3, -0.25) is 4.79 Å². The van der Waals surface area contributed by atoms with Crippen LogP contribution in [0.4, 0.5) is 0 Å². The van der Waals surface area contributed by atoms with Gasteiger partial charge >= 0.3 is 0 Å². The molecular formula is C21H22N2O2S. The number of carbonyl (C=O) groups excluding carboxylic acids is 1. The Kier molecular flexibility index (Phi) is 6.39. The lowest BCUT2D eigenvalue weighted by Gasteiger charge is -2.04. The predicted molar refractivity (Wildman–Crippen MR) is 106 cm³/mol. The number of aromatic nitrogens is 1. The molecule has 0 bridgehead atoms. The van der Waals surface area contributed by atoms with Crippen molar-refractivity contribution in [2.75, 3.05) is 13.7 Å². The van der Waals surface area contributed by atoms with Gasteiger partial charge in [-0.05, 0) is 24.1 Å². The molecule has 0 aliphatic heterocycles. The Bertz CT molecular complexity index is 846. The number of methoxy groups -OCH3 is 1. The number of hydrogen-bond donors (Lipinski definition) is 1. The normalized spacial score (nSPS) is 10.5. The smallest absolute Gasteiger partial charge is 0.220 e. The van der Waals surface area contributed by atoms with Crippen molar-refractivity contribution in [3.63, 3.8) is 0 Å². The van der Waals surface area contributed by atoms with Gasteiger partial charge in [0.2, 0.25) is 5.91 Å². The van der Waals surface area contributed by atoms with Crippen molar-refractivity contribution in [1.82, 2.24) is 10.3 Å². The lowest BCUT2D eigenvalue weighted by Crippen LogP contribution is -2.25. The highest BCUT2D eigenvalue weighted by Gasteiger charge is 2.07. The minimum atomic E-state index is 0.0806. The summed E-state index contributed by atoms with van der Waals surface area (Å²) in [5.41, 5.74) is 3.23. The molecule has 5 heteroatoms. The summed E-state index contributed by atoms with van der Waals surface area (Å²) in [5, 5.41) is 5.99. The molecule has 0 saturated heterocycles. The van der Waals surface area contributed by atoms with Gasteiger partial charge in [0.05, 0.1) is 12.8 Å². The van der Waals surface area contributed by atoms with Crippen LogP contribution >= 0.6 is 11.3 Å². The number of hydrogen-bond acceptors (Lipinski definition) is 4. The van der Waals surface area contributed by atoms with Crippen LogP contribution in [-0.4, -0.2) is 24.5 Å². The predicted octanol–water partition coefficient (Wildman–Crippen LogP) is 4.11. The van der Waals surface area contributed by atoms with Gasteiger partial charge in [0.15, 0.2) is 0 Å². The average molecular weight is 366 g/mol. The molecule has 0 atom stereocenters. The number of nitrogens with zero attached hydrogens (tertiary/aromatic N) is 1. The van der Waals surface area contributed by atoms with Crippen molar-refractivity contribution in [3.05, 3.63) is 71.2 Å². The first-order valence-corrected chi connectivity index (χ1v) is 9.52.